The van der Waals surface area contributed by atoms with Gasteiger partial charge in [0.2, 0.25) is 5.88 Å². The summed E-state index contributed by atoms with van der Waals surface area (Å²) in [5.41, 5.74) is 1.04. The number of ether oxygens (including phenoxy) is 1. The second-order valence-corrected chi connectivity index (χ2v) is 4.94. The third kappa shape index (κ3) is 2.92. The van der Waals surface area contributed by atoms with Crippen LogP contribution in [0.15, 0.2) is 10.5 Å². The second kappa shape index (κ2) is 5.59. The van der Waals surface area contributed by atoms with Crippen LogP contribution in [0.1, 0.15) is 18.5 Å². The van der Waals surface area contributed by atoms with Crippen LogP contribution in [-0.2, 0) is 6.42 Å². The monoisotopic (exact) mass is 285 g/mol. The zero-order valence-electron chi connectivity index (χ0n) is 9.37. The molecular formula is C11H16BrN3O. The highest BCUT2D eigenvalue weighted by Crippen LogP contribution is 2.23. The number of nitrogens with one attached hydrogen (secondary N) is 1. The van der Waals surface area contributed by atoms with Crippen molar-refractivity contribution in [3.63, 3.8) is 0 Å². The van der Waals surface area contributed by atoms with Crippen LogP contribution in [0, 0.1) is 5.92 Å². The zero-order valence-corrected chi connectivity index (χ0v) is 11.0. The Labute approximate surface area is 104 Å². The summed E-state index contributed by atoms with van der Waals surface area (Å²) in [5, 5.41) is 11.6. The highest BCUT2D eigenvalue weighted by Gasteiger charge is 2.15. The highest BCUT2D eigenvalue weighted by atomic mass is 79.9. The molecule has 1 aliphatic rings. The van der Waals surface area contributed by atoms with Gasteiger partial charge in [0.1, 0.15) is 0 Å². The number of hydrogen-bond acceptors (Lipinski definition) is 4. The van der Waals surface area contributed by atoms with E-state index in [0.717, 1.165) is 35.6 Å². The normalized spacial score (nSPS) is 17.4. The molecule has 0 unspecified atom stereocenters. The number of halogens is 1. The van der Waals surface area contributed by atoms with Gasteiger partial charge in [0.15, 0.2) is 0 Å². The summed E-state index contributed by atoms with van der Waals surface area (Å²) in [6, 6.07) is 2.01. The van der Waals surface area contributed by atoms with Gasteiger partial charge in [0.25, 0.3) is 0 Å². The lowest BCUT2D eigenvalue weighted by Crippen LogP contribution is -2.28. The summed E-state index contributed by atoms with van der Waals surface area (Å²) in [6.45, 7) is 2.24. The Kier molecular flexibility index (Phi) is 4.12. The van der Waals surface area contributed by atoms with Crippen molar-refractivity contribution in [3.05, 3.63) is 16.2 Å². The number of nitrogens with zero attached hydrogens (tertiary/aromatic N) is 2. The van der Waals surface area contributed by atoms with Gasteiger partial charge < -0.3 is 10.1 Å². The third-order valence-corrected chi connectivity index (χ3v) is 3.48. The molecule has 5 heteroatoms. The van der Waals surface area contributed by atoms with Crippen LogP contribution >= 0.6 is 15.9 Å². The molecule has 4 nitrogen and oxygen atoms in total. The third-order valence-electron chi connectivity index (χ3n) is 2.92. The first-order valence-electron chi connectivity index (χ1n) is 5.56. The van der Waals surface area contributed by atoms with Crippen LogP contribution in [0.3, 0.4) is 0 Å². The highest BCUT2D eigenvalue weighted by molar-refractivity contribution is 9.10. The van der Waals surface area contributed by atoms with Gasteiger partial charge in [-0.1, -0.05) is 0 Å². The minimum absolute atomic E-state index is 0.550. The Morgan fingerprint density at radius 3 is 2.81 bits per heavy atom. The quantitative estimate of drug-likeness (QED) is 0.920. The molecule has 0 bridgehead atoms. The summed E-state index contributed by atoms with van der Waals surface area (Å²) >= 11 is 3.43. The Hall–Kier alpha value is -0.680. The van der Waals surface area contributed by atoms with E-state index in [1.165, 1.54) is 12.8 Å². The van der Waals surface area contributed by atoms with Crippen molar-refractivity contribution in [1.82, 2.24) is 15.5 Å². The molecule has 1 N–H and O–H groups in total. The lowest BCUT2D eigenvalue weighted by atomic mass is 9.93. The maximum Gasteiger partial charge on any atom is 0.247 e. The molecule has 1 fully saturated rings. The fourth-order valence-electron chi connectivity index (χ4n) is 2.01. The molecule has 1 saturated heterocycles. The van der Waals surface area contributed by atoms with Gasteiger partial charge in [-0.05, 0) is 60.3 Å². The van der Waals surface area contributed by atoms with Crippen molar-refractivity contribution in [2.24, 2.45) is 5.92 Å². The lowest BCUT2D eigenvalue weighted by Gasteiger charge is -2.21. The molecule has 0 aromatic carbocycles. The maximum absolute atomic E-state index is 5.06. The number of aromatic nitrogens is 2. The Morgan fingerprint density at radius 2 is 2.19 bits per heavy atom. The van der Waals surface area contributed by atoms with Gasteiger partial charge in [-0.25, -0.2) is 0 Å². The lowest BCUT2D eigenvalue weighted by molar-refractivity contribution is 0.364. The van der Waals surface area contributed by atoms with Gasteiger partial charge in [-0.3, -0.25) is 0 Å². The second-order valence-electron chi connectivity index (χ2n) is 4.09. The van der Waals surface area contributed by atoms with Gasteiger partial charge in [-0.2, -0.15) is 5.10 Å². The molecule has 0 amide bonds. The predicted molar refractivity (Wildman–Crippen MR) is 65.6 cm³/mol. The summed E-state index contributed by atoms with van der Waals surface area (Å²) in [7, 11) is 1.60. The molecule has 2 heterocycles. The largest absolute Gasteiger partial charge is 0.479 e. The topological polar surface area (TPSA) is 47.0 Å². The fourth-order valence-corrected chi connectivity index (χ4v) is 2.52. The minimum atomic E-state index is 0.550. The summed E-state index contributed by atoms with van der Waals surface area (Å²) in [5.74, 6) is 1.28. The number of methoxy groups -OCH3 is 1. The zero-order chi connectivity index (χ0) is 11.4. The van der Waals surface area contributed by atoms with E-state index in [1.54, 1.807) is 7.11 Å². The van der Waals surface area contributed by atoms with Crippen LogP contribution in [0.2, 0.25) is 0 Å². The molecule has 1 aromatic rings. The molecule has 0 aliphatic carbocycles. The average molecular weight is 286 g/mol. The van der Waals surface area contributed by atoms with Crippen molar-refractivity contribution in [1.29, 1.82) is 0 Å². The van der Waals surface area contributed by atoms with E-state index in [2.05, 4.69) is 31.4 Å². The first-order chi connectivity index (χ1) is 7.79. The number of hydrogen-bond donors (Lipinski definition) is 1. The smallest absolute Gasteiger partial charge is 0.247 e. The van der Waals surface area contributed by atoms with Crippen molar-refractivity contribution in [2.45, 2.75) is 19.3 Å². The molecule has 1 aromatic heterocycles. The molecule has 16 heavy (non-hydrogen) atoms. The number of rotatable bonds is 3. The molecule has 0 radical (unpaired) electrons. The molecule has 0 atom stereocenters. The van der Waals surface area contributed by atoms with Crippen LogP contribution < -0.4 is 10.1 Å². The number of piperidine rings is 1. The molecule has 1 aliphatic heterocycles. The first kappa shape index (κ1) is 11.8. The van der Waals surface area contributed by atoms with E-state index < -0.39 is 0 Å². The predicted octanol–water partition coefficient (Wildman–Crippen LogP) is 1.79. The standard InChI is InChI=1S/C11H16BrN3O/c1-16-11-10(12)7-9(14-15-11)6-8-2-4-13-5-3-8/h7-8,13H,2-6H2,1H3. The summed E-state index contributed by atoms with van der Waals surface area (Å²) in [6.07, 6.45) is 3.47. The average Bonchev–Trinajstić information content (AvgIpc) is 2.31. The molecular weight excluding hydrogens is 270 g/mol. The van der Waals surface area contributed by atoms with Crippen molar-refractivity contribution in [3.8, 4) is 5.88 Å². The van der Waals surface area contributed by atoms with Gasteiger partial charge in [0.05, 0.1) is 17.3 Å². The van der Waals surface area contributed by atoms with E-state index >= 15 is 0 Å². The first-order valence-corrected chi connectivity index (χ1v) is 6.35. The van der Waals surface area contributed by atoms with Gasteiger partial charge in [-0.15, -0.1) is 5.10 Å². The Morgan fingerprint density at radius 1 is 1.44 bits per heavy atom. The van der Waals surface area contributed by atoms with Crippen molar-refractivity contribution >= 4 is 15.9 Å². The SMILES string of the molecule is COc1nnc(CC2CCNCC2)cc1Br. The van der Waals surface area contributed by atoms with Crippen molar-refractivity contribution in [2.75, 3.05) is 20.2 Å². The fraction of sp³-hybridized carbons (Fsp3) is 0.636. The van der Waals surface area contributed by atoms with Crippen LogP contribution in [0.5, 0.6) is 5.88 Å². The van der Waals surface area contributed by atoms with Gasteiger partial charge in [0, 0.05) is 0 Å². The summed E-state index contributed by atoms with van der Waals surface area (Å²) < 4.78 is 5.94. The van der Waals surface area contributed by atoms with E-state index in [1.807, 2.05) is 6.07 Å². The maximum atomic E-state index is 5.06. The van der Waals surface area contributed by atoms with Crippen LogP contribution in [-0.4, -0.2) is 30.4 Å². The summed E-state index contributed by atoms with van der Waals surface area (Å²) in [4.78, 5) is 0. The molecule has 88 valence electrons. The molecule has 2 rings (SSSR count). The van der Waals surface area contributed by atoms with Crippen LogP contribution in [0.25, 0.3) is 0 Å². The Balaban J connectivity index is 2.01. The van der Waals surface area contributed by atoms with E-state index in [-0.39, 0.29) is 0 Å². The minimum Gasteiger partial charge on any atom is -0.479 e. The molecule has 0 saturated carbocycles. The molecule has 0 spiro atoms. The van der Waals surface area contributed by atoms with E-state index in [0.29, 0.717) is 5.88 Å². The van der Waals surface area contributed by atoms with E-state index in [9.17, 15) is 0 Å². The van der Waals surface area contributed by atoms with E-state index in [4.69, 9.17) is 4.74 Å². The van der Waals surface area contributed by atoms with Crippen LogP contribution in [0.4, 0.5) is 0 Å². The van der Waals surface area contributed by atoms with Crippen molar-refractivity contribution < 1.29 is 4.74 Å². The Bertz CT molecular complexity index is 353. The van der Waals surface area contributed by atoms with Gasteiger partial charge >= 0.3 is 0 Å².